The Morgan fingerprint density at radius 2 is 1.70 bits per heavy atom. The fourth-order valence-electron chi connectivity index (χ4n) is 7.37. The Bertz CT molecular complexity index is 1100. The lowest BCUT2D eigenvalue weighted by Gasteiger charge is -2.65. The molecule has 33 heavy (non-hydrogen) atoms. The zero-order valence-corrected chi connectivity index (χ0v) is 20.4. The molecule has 178 valence electrons. The molecule has 4 aliphatic rings. The van der Waals surface area contributed by atoms with Gasteiger partial charge in [-0.1, -0.05) is 30.7 Å². The zero-order valence-electron chi connectivity index (χ0n) is 20.4. The molecule has 1 spiro atoms. The highest BCUT2D eigenvalue weighted by Crippen LogP contribution is 2.72. The second-order valence-electron chi connectivity index (χ2n) is 11.1. The summed E-state index contributed by atoms with van der Waals surface area (Å²) in [5, 5.41) is 11.1. The molecule has 2 saturated carbocycles. The quantitative estimate of drug-likeness (QED) is 0.367. The van der Waals surface area contributed by atoms with Gasteiger partial charge in [0, 0.05) is 16.9 Å². The van der Waals surface area contributed by atoms with Crippen molar-refractivity contribution in [1.82, 2.24) is 0 Å². The molecule has 1 aliphatic heterocycles. The number of methoxy groups -OCH3 is 1. The highest BCUT2D eigenvalue weighted by atomic mass is 16.6. The van der Waals surface area contributed by atoms with E-state index in [2.05, 4.69) is 6.58 Å². The van der Waals surface area contributed by atoms with Crippen LogP contribution in [0, 0.1) is 21.7 Å². The molecule has 0 unspecified atom stereocenters. The van der Waals surface area contributed by atoms with Gasteiger partial charge in [0.2, 0.25) is 0 Å². The average Bonchev–Trinajstić information content (AvgIpc) is 2.73. The van der Waals surface area contributed by atoms with Crippen molar-refractivity contribution >= 4 is 23.5 Å². The SMILES string of the molecule is C=C1[C@@]2(C)CC3=C(C)[C@@]4(C=CC(=O)OC4(C)C)CC[C@@]3(C)[C@@]1(C(=O)OC)C(=O)[C@](C)(O)C2=O. The molecule has 2 fully saturated rings. The summed E-state index contributed by atoms with van der Waals surface area (Å²) in [6.45, 7) is 14.4. The number of rotatable bonds is 1. The first-order chi connectivity index (χ1) is 15.0. The van der Waals surface area contributed by atoms with E-state index < -0.39 is 56.4 Å². The van der Waals surface area contributed by atoms with Crippen LogP contribution in [0.15, 0.2) is 35.5 Å². The third kappa shape index (κ3) is 2.29. The van der Waals surface area contributed by atoms with Crippen LogP contribution in [0.5, 0.6) is 0 Å². The van der Waals surface area contributed by atoms with E-state index in [1.807, 2.05) is 33.8 Å². The highest BCUT2D eigenvalue weighted by Gasteiger charge is 2.78. The van der Waals surface area contributed by atoms with Gasteiger partial charge < -0.3 is 14.6 Å². The van der Waals surface area contributed by atoms with Crippen molar-refractivity contribution < 1.29 is 33.8 Å². The smallest absolute Gasteiger partial charge is 0.331 e. The van der Waals surface area contributed by atoms with Crippen molar-refractivity contribution in [2.24, 2.45) is 21.7 Å². The van der Waals surface area contributed by atoms with Gasteiger partial charge in [0.15, 0.2) is 22.6 Å². The maximum atomic E-state index is 13.9. The van der Waals surface area contributed by atoms with Gasteiger partial charge in [0.1, 0.15) is 5.60 Å². The average molecular weight is 457 g/mol. The minimum absolute atomic E-state index is 0.184. The van der Waals surface area contributed by atoms with Crippen LogP contribution in [-0.2, 0) is 28.7 Å². The van der Waals surface area contributed by atoms with Crippen LogP contribution in [-0.4, -0.2) is 46.9 Å². The van der Waals surface area contributed by atoms with Crippen molar-refractivity contribution in [1.29, 1.82) is 0 Å². The van der Waals surface area contributed by atoms with Crippen molar-refractivity contribution in [3.05, 3.63) is 35.5 Å². The summed E-state index contributed by atoms with van der Waals surface area (Å²) in [5.41, 5.74) is -6.39. The number of hydrogen-bond donors (Lipinski definition) is 1. The number of carbonyl (C=O) groups is 4. The number of Topliss-reactive ketones (excluding diaryl/α,β-unsaturated/α-hetero) is 2. The molecule has 0 aromatic carbocycles. The molecule has 5 atom stereocenters. The van der Waals surface area contributed by atoms with E-state index in [-0.39, 0.29) is 12.0 Å². The third-order valence-electron chi connectivity index (χ3n) is 9.44. The van der Waals surface area contributed by atoms with Crippen molar-refractivity contribution in [2.45, 2.75) is 72.0 Å². The molecular formula is C26H32O7. The van der Waals surface area contributed by atoms with E-state index in [0.717, 1.165) is 11.1 Å². The van der Waals surface area contributed by atoms with Gasteiger partial charge >= 0.3 is 11.9 Å². The van der Waals surface area contributed by atoms with Gasteiger partial charge in [-0.15, -0.1) is 0 Å². The van der Waals surface area contributed by atoms with Crippen LogP contribution >= 0.6 is 0 Å². The maximum absolute atomic E-state index is 13.9. The molecule has 0 aromatic rings. The number of ether oxygens (including phenoxy) is 2. The molecule has 3 aliphatic carbocycles. The van der Waals surface area contributed by atoms with E-state index in [0.29, 0.717) is 12.8 Å². The van der Waals surface area contributed by atoms with Gasteiger partial charge in [-0.25, -0.2) is 4.79 Å². The van der Waals surface area contributed by atoms with Gasteiger partial charge in [-0.3, -0.25) is 14.4 Å². The van der Waals surface area contributed by atoms with Gasteiger partial charge in [0.05, 0.1) is 12.5 Å². The fourth-order valence-corrected chi connectivity index (χ4v) is 7.37. The predicted octanol–water partition coefficient (Wildman–Crippen LogP) is 3.01. The number of aliphatic hydroxyl groups is 1. The van der Waals surface area contributed by atoms with E-state index in [1.165, 1.54) is 20.1 Å². The van der Waals surface area contributed by atoms with Crippen LogP contribution < -0.4 is 0 Å². The fraction of sp³-hybridized carbons (Fsp3) is 0.615. The monoisotopic (exact) mass is 456 g/mol. The van der Waals surface area contributed by atoms with E-state index in [9.17, 15) is 24.3 Å². The van der Waals surface area contributed by atoms with Crippen LogP contribution in [0.3, 0.4) is 0 Å². The molecule has 0 amide bonds. The summed E-state index contributed by atoms with van der Waals surface area (Å²) in [6.07, 6.45) is 4.33. The molecule has 0 radical (unpaired) electrons. The van der Waals surface area contributed by atoms with Gasteiger partial charge in [-0.2, -0.15) is 0 Å². The van der Waals surface area contributed by atoms with E-state index >= 15 is 0 Å². The summed E-state index contributed by atoms with van der Waals surface area (Å²) in [7, 11) is 1.20. The number of esters is 2. The molecule has 4 rings (SSSR count). The van der Waals surface area contributed by atoms with Crippen LogP contribution in [0.2, 0.25) is 0 Å². The predicted molar refractivity (Wildman–Crippen MR) is 119 cm³/mol. The zero-order chi connectivity index (χ0) is 25.0. The Morgan fingerprint density at radius 1 is 1.09 bits per heavy atom. The standard InChI is InChI=1S/C26H32O7/c1-14-16-13-22(5)15(2)26(20(30)32-8,19(29)24(7,31)18(22)28)23(16,6)11-12-25(14)10-9-17(27)33-21(25,3)4/h9-10,31H,2,11-13H2,1,3-8H3/t22-,23-,24-,25-,26-/m1/s1. The number of allylic oxidation sites excluding steroid dienone is 1. The first kappa shape index (κ1) is 23.6. The minimum Gasteiger partial charge on any atom is -0.468 e. The molecule has 7 nitrogen and oxygen atoms in total. The first-order valence-corrected chi connectivity index (χ1v) is 11.2. The third-order valence-corrected chi connectivity index (χ3v) is 9.44. The second-order valence-corrected chi connectivity index (χ2v) is 11.1. The minimum atomic E-state index is -2.35. The van der Waals surface area contributed by atoms with E-state index in [4.69, 9.17) is 9.47 Å². The summed E-state index contributed by atoms with van der Waals surface area (Å²) in [5.74, 6) is -2.80. The number of ketones is 2. The second kappa shape index (κ2) is 6.32. The number of fused-ring (bicyclic) bond motifs is 4. The molecule has 0 saturated heterocycles. The Balaban J connectivity index is 2.11. The van der Waals surface area contributed by atoms with E-state index in [1.54, 1.807) is 6.92 Å². The van der Waals surface area contributed by atoms with Crippen molar-refractivity contribution in [3.8, 4) is 0 Å². The lowest BCUT2D eigenvalue weighted by Crippen LogP contribution is -2.74. The number of cyclic esters (lactones) is 1. The lowest BCUT2D eigenvalue weighted by atomic mass is 9.36. The molecular weight excluding hydrogens is 424 g/mol. The largest absolute Gasteiger partial charge is 0.468 e. The summed E-state index contributed by atoms with van der Waals surface area (Å²) in [6, 6.07) is 0. The molecule has 1 N–H and O–H groups in total. The topological polar surface area (TPSA) is 107 Å². The Labute approximate surface area is 193 Å². The van der Waals surface area contributed by atoms with Gasteiger partial charge in [0.25, 0.3) is 0 Å². The van der Waals surface area contributed by atoms with Crippen LogP contribution in [0.25, 0.3) is 0 Å². The molecule has 7 heteroatoms. The summed E-state index contributed by atoms with van der Waals surface area (Å²) in [4.78, 5) is 53.0. The number of hydrogen-bond acceptors (Lipinski definition) is 7. The lowest BCUT2D eigenvalue weighted by molar-refractivity contribution is -0.186. The van der Waals surface area contributed by atoms with Crippen LogP contribution in [0.4, 0.5) is 0 Å². The first-order valence-electron chi connectivity index (χ1n) is 11.2. The van der Waals surface area contributed by atoms with Crippen LogP contribution in [0.1, 0.15) is 60.8 Å². The Kier molecular flexibility index (Phi) is 4.52. The maximum Gasteiger partial charge on any atom is 0.331 e. The highest BCUT2D eigenvalue weighted by molar-refractivity contribution is 6.26. The molecule has 2 bridgehead atoms. The van der Waals surface area contributed by atoms with Crippen molar-refractivity contribution in [2.75, 3.05) is 7.11 Å². The summed E-state index contributed by atoms with van der Waals surface area (Å²) >= 11 is 0. The normalized spacial score (nSPS) is 44.0. The Morgan fingerprint density at radius 3 is 2.24 bits per heavy atom. The number of carbonyl (C=O) groups excluding carboxylic acids is 4. The molecule has 1 heterocycles. The summed E-state index contributed by atoms with van der Waals surface area (Å²) < 4.78 is 10.9. The van der Waals surface area contributed by atoms with Crippen molar-refractivity contribution in [3.63, 3.8) is 0 Å². The molecule has 0 aromatic heterocycles. The van der Waals surface area contributed by atoms with Gasteiger partial charge in [-0.05, 0) is 59.5 Å². The Hall–Kier alpha value is -2.54.